The first-order valence-electron chi connectivity index (χ1n) is 6.11. The Hall–Kier alpha value is -0.900. The van der Waals surface area contributed by atoms with Crippen LogP contribution in [0.3, 0.4) is 0 Å². The van der Waals surface area contributed by atoms with Crippen LogP contribution in [-0.2, 0) is 5.54 Å². The SMILES string of the molecule is Cc1sc(C2(N)CCC2)nc1-c1ccc(Cl)cc1. The van der Waals surface area contributed by atoms with E-state index < -0.39 is 0 Å². The second-order valence-electron chi connectivity index (χ2n) is 4.94. The Morgan fingerprint density at radius 3 is 2.50 bits per heavy atom. The topological polar surface area (TPSA) is 38.9 Å². The molecule has 1 aliphatic rings. The molecule has 2 N–H and O–H groups in total. The minimum absolute atomic E-state index is 0.167. The number of hydrogen-bond donors (Lipinski definition) is 1. The fourth-order valence-corrected chi connectivity index (χ4v) is 3.48. The number of rotatable bonds is 2. The minimum atomic E-state index is -0.167. The Labute approximate surface area is 116 Å². The van der Waals surface area contributed by atoms with Crippen LogP contribution < -0.4 is 5.73 Å². The zero-order chi connectivity index (χ0) is 12.8. The van der Waals surface area contributed by atoms with Gasteiger partial charge in [-0.1, -0.05) is 23.7 Å². The summed E-state index contributed by atoms with van der Waals surface area (Å²) in [5.74, 6) is 0. The number of benzene rings is 1. The third-order valence-corrected chi connectivity index (χ3v) is 5.03. The van der Waals surface area contributed by atoms with E-state index in [4.69, 9.17) is 22.3 Å². The molecule has 0 spiro atoms. The van der Waals surface area contributed by atoms with Gasteiger partial charge in [-0.05, 0) is 38.3 Å². The molecule has 3 rings (SSSR count). The molecule has 0 saturated heterocycles. The molecular weight excluding hydrogens is 264 g/mol. The average molecular weight is 279 g/mol. The maximum Gasteiger partial charge on any atom is 0.113 e. The summed E-state index contributed by atoms with van der Waals surface area (Å²) in [6.07, 6.45) is 3.32. The zero-order valence-corrected chi connectivity index (χ0v) is 11.8. The highest BCUT2D eigenvalue weighted by atomic mass is 35.5. The quantitative estimate of drug-likeness (QED) is 0.898. The van der Waals surface area contributed by atoms with Crippen molar-refractivity contribution < 1.29 is 0 Å². The summed E-state index contributed by atoms with van der Waals surface area (Å²) in [6, 6.07) is 7.82. The van der Waals surface area contributed by atoms with Crippen molar-refractivity contribution in [2.24, 2.45) is 5.73 Å². The molecule has 1 aliphatic carbocycles. The summed E-state index contributed by atoms with van der Waals surface area (Å²) >= 11 is 7.64. The molecule has 2 aromatic rings. The molecule has 0 amide bonds. The second kappa shape index (κ2) is 4.34. The average Bonchev–Trinajstić information content (AvgIpc) is 2.70. The molecule has 0 radical (unpaired) electrons. The van der Waals surface area contributed by atoms with Gasteiger partial charge in [-0.3, -0.25) is 0 Å². The van der Waals surface area contributed by atoms with E-state index in [1.54, 1.807) is 11.3 Å². The summed E-state index contributed by atoms with van der Waals surface area (Å²) < 4.78 is 0. The van der Waals surface area contributed by atoms with E-state index in [0.29, 0.717) is 0 Å². The molecule has 0 aliphatic heterocycles. The van der Waals surface area contributed by atoms with Gasteiger partial charge >= 0.3 is 0 Å². The van der Waals surface area contributed by atoms with Crippen molar-refractivity contribution in [3.8, 4) is 11.3 Å². The van der Waals surface area contributed by atoms with Crippen molar-refractivity contribution in [1.29, 1.82) is 0 Å². The molecule has 1 heterocycles. The molecule has 0 unspecified atom stereocenters. The van der Waals surface area contributed by atoms with Gasteiger partial charge in [0.15, 0.2) is 0 Å². The van der Waals surface area contributed by atoms with Crippen LogP contribution in [0.25, 0.3) is 11.3 Å². The molecule has 4 heteroatoms. The molecule has 2 nitrogen and oxygen atoms in total. The fraction of sp³-hybridized carbons (Fsp3) is 0.357. The molecular formula is C14H15ClN2S. The van der Waals surface area contributed by atoms with Gasteiger partial charge in [-0.15, -0.1) is 11.3 Å². The number of thiazole rings is 1. The summed E-state index contributed by atoms with van der Waals surface area (Å²) in [4.78, 5) is 5.98. The highest BCUT2D eigenvalue weighted by Crippen LogP contribution is 2.42. The van der Waals surface area contributed by atoms with E-state index in [1.807, 2.05) is 24.3 Å². The lowest BCUT2D eigenvalue weighted by atomic mass is 9.78. The third-order valence-electron chi connectivity index (χ3n) is 3.59. The molecule has 1 fully saturated rings. The van der Waals surface area contributed by atoms with Gasteiger partial charge in [0.2, 0.25) is 0 Å². The third kappa shape index (κ3) is 1.96. The van der Waals surface area contributed by atoms with Crippen LogP contribution in [0.5, 0.6) is 0 Å². The molecule has 1 aromatic carbocycles. The second-order valence-corrected chi connectivity index (χ2v) is 6.58. The lowest BCUT2D eigenvalue weighted by Gasteiger charge is -2.35. The Morgan fingerprint density at radius 1 is 1.28 bits per heavy atom. The molecule has 0 bridgehead atoms. The van der Waals surface area contributed by atoms with Gasteiger partial charge in [0, 0.05) is 15.5 Å². The molecule has 1 aromatic heterocycles. The zero-order valence-electron chi connectivity index (χ0n) is 10.2. The Morgan fingerprint density at radius 2 is 1.94 bits per heavy atom. The maximum absolute atomic E-state index is 6.34. The molecule has 94 valence electrons. The number of aromatic nitrogens is 1. The van der Waals surface area contributed by atoms with Gasteiger partial charge in [0.05, 0.1) is 11.2 Å². The normalized spacial score (nSPS) is 17.5. The monoisotopic (exact) mass is 278 g/mol. The number of nitrogens with zero attached hydrogens (tertiary/aromatic N) is 1. The van der Waals surface area contributed by atoms with E-state index in [2.05, 4.69) is 6.92 Å². The summed E-state index contributed by atoms with van der Waals surface area (Å²) in [7, 11) is 0. The first-order valence-corrected chi connectivity index (χ1v) is 7.31. The lowest BCUT2D eigenvalue weighted by Crippen LogP contribution is -2.43. The van der Waals surface area contributed by atoms with Crippen molar-refractivity contribution in [2.75, 3.05) is 0 Å². The first kappa shape index (κ1) is 12.2. The number of halogens is 1. The predicted molar refractivity (Wildman–Crippen MR) is 77.0 cm³/mol. The van der Waals surface area contributed by atoms with E-state index in [1.165, 1.54) is 11.3 Å². The maximum atomic E-state index is 6.34. The van der Waals surface area contributed by atoms with E-state index >= 15 is 0 Å². The highest BCUT2D eigenvalue weighted by molar-refractivity contribution is 7.12. The lowest BCUT2D eigenvalue weighted by molar-refractivity contribution is 0.253. The van der Waals surface area contributed by atoms with Gasteiger partial charge in [-0.25, -0.2) is 4.98 Å². The number of aryl methyl sites for hydroxylation is 1. The predicted octanol–water partition coefficient (Wildman–Crippen LogP) is 4.11. The van der Waals surface area contributed by atoms with Gasteiger partial charge in [-0.2, -0.15) is 0 Å². The van der Waals surface area contributed by atoms with Crippen molar-refractivity contribution in [3.05, 3.63) is 39.2 Å². The van der Waals surface area contributed by atoms with Crippen LogP contribution in [0, 0.1) is 6.92 Å². The Bertz CT molecular complexity index is 570. The smallest absolute Gasteiger partial charge is 0.113 e. The molecule has 1 saturated carbocycles. The Balaban J connectivity index is 2.00. The van der Waals surface area contributed by atoms with Gasteiger partial charge in [0.1, 0.15) is 5.01 Å². The van der Waals surface area contributed by atoms with Crippen LogP contribution in [0.2, 0.25) is 5.02 Å². The van der Waals surface area contributed by atoms with E-state index in [-0.39, 0.29) is 5.54 Å². The largest absolute Gasteiger partial charge is 0.319 e. The van der Waals surface area contributed by atoms with Crippen molar-refractivity contribution in [2.45, 2.75) is 31.7 Å². The van der Waals surface area contributed by atoms with Crippen LogP contribution in [0.4, 0.5) is 0 Å². The Kier molecular flexibility index (Phi) is 2.93. The number of nitrogens with two attached hydrogens (primary N) is 1. The summed E-state index contributed by atoms with van der Waals surface area (Å²) in [5.41, 5.74) is 8.33. The summed E-state index contributed by atoms with van der Waals surface area (Å²) in [5, 5.41) is 1.83. The van der Waals surface area contributed by atoms with E-state index in [0.717, 1.165) is 34.1 Å². The highest BCUT2D eigenvalue weighted by Gasteiger charge is 2.37. The van der Waals surface area contributed by atoms with Crippen LogP contribution in [0.1, 0.15) is 29.1 Å². The van der Waals surface area contributed by atoms with Crippen LogP contribution >= 0.6 is 22.9 Å². The van der Waals surface area contributed by atoms with Crippen molar-refractivity contribution in [1.82, 2.24) is 4.98 Å². The van der Waals surface area contributed by atoms with Crippen molar-refractivity contribution in [3.63, 3.8) is 0 Å². The first-order chi connectivity index (χ1) is 8.58. The fourth-order valence-electron chi connectivity index (χ4n) is 2.26. The van der Waals surface area contributed by atoms with E-state index in [9.17, 15) is 0 Å². The standard InChI is InChI=1S/C14H15ClN2S/c1-9-12(10-3-5-11(15)6-4-10)17-13(18-9)14(16)7-2-8-14/h3-6H,2,7-8,16H2,1H3. The number of hydrogen-bond acceptors (Lipinski definition) is 3. The van der Waals surface area contributed by atoms with Gasteiger partial charge in [0.25, 0.3) is 0 Å². The van der Waals surface area contributed by atoms with Crippen LogP contribution in [-0.4, -0.2) is 4.98 Å². The molecule has 18 heavy (non-hydrogen) atoms. The summed E-state index contributed by atoms with van der Waals surface area (Å²) in [6.45, 7) is 2.10. The van der Waals surface area contributed by atoms with Crippen LogP contribution in [0.15, 0.2) is 24.3 Å². The minimum Gasteiger partial charge on any atom is -0.319 e. The van der Waals surface area contributed by atoms with Gasteiger partial charge < -0.3 is 5.73 Å². The molecule has 0 atom stereocenters. The van der Waals surface area contributed by atoms with Crippen molar-refractivity contribution >= 4 is 22.9 Å².